The van der Waals surface area contributed by atoms with Gasteiger partial charge in [0.25, 0.3) is 0 Å². The largest absolute Gasteiger partial charge is 0.451 e. The molecular weight excluding hydrogens is 208 g/mol. The van der Waals surface area contributed by atoms with E-state index in [0.29, 0.717) is 0 Å². The highest BCUT2D eigenvalue weighted by molar-refractivity contribution is 7.11. The molecule has 1 aromatic heterocycles. The Labute approximate surface area is 93.6 Å². The number of thiophene rings is 1. The van der Waals surface area contributed by atoms with E-state index in [2.05, 4.69) is 0 Å². The second-order valence-electron chi connectivity index (χ2n) is 3.95. The Morgan fingerprint density at radius 1 is 1.53 bits per heavy atom. The molecule has 0 bridgehead atoms. The summed E-state index contributed by atoms with van der Waals surface area (Å²) in [5.41, 5.74) is 1.41. The number of carbonyl (C=O) groups excluding carboxylic acids is 1. The van der Waals surface area contributed by atoms with Crippen LogP contribution in [0.4, 0.5) is 0 Å². The van der Waals surface area contributed by atoms with Gasteiger partial charge in [0.15, 0.2) is 0 Å². The molecule has 2 nitrogen and oxygen atoms in total. The molecule has 3 heteroatoms. The summed E-state index contributed by atoms with van der Waals surface area (Å²) in [6.07, 6.45) is 0.819. The van der Waals surface area contributed by atoms with Crippen molar-refractivity contribution in [2.24, 2.45) is 0 Å². The van der Waals surface area contributed by atoms with E-state index >= 15 is 0 Å². The van der Waals surface area contributed by atoms with E-state index in [-0.39, 0.29) is 5.97 Å². The number of esters is 1. The van der Waals surface area contributed by atoms with E-state index in [1.54, 1.807) is 11.3 Å². The Morgan fingerprint density at radius 3 is 2.73 bits per heavy atom. The Hall–Kier alpha value is -1.09. The Balaban J connectivity index is 2.51. The SMILES string of the molecule is CCC1(C)OC(=O)C(c2cccs2)=C1C. The minimum atomic E-state index is -0.406. The lowest BCUT2D eigenvalue weighted by Crippen LogP contribution is -2.25. The molecule has 0 saturated carbocycles. The molecule has 0 radical (unpaired) electrons. The zero-order valence-electron chi connectivity index (χ0n) is 9.16. The summed E-state index contributed by atoms with van der Waals surface area (Å²) in [5.74, 6) is -0.181. The molecule has 2 heterocycles. The first-order valence-corrected chi connectivity index (χ1v) is 5.95. The molecule has 1 aliphatic heterocycles. The molecule has 0 aliphatic carbocycles. The third-order valence-electron chi connectivity index (χ3n) is 3.13. The summed E-state index contributed by atoms with van der Waals surface area (Å²) in [4.78, 5) is 12.8. The van der Waals surface area contributed by atoms with Gasteiger partial charge in [-0.05, 0) is 37.3 Å². The van der Waals surface area contributed by atoms with Gasteiger partial charge in [0.1, 0.15) is 5.60 Å². The van der Waals surface area contributed by atoms with Crippen LogP contribution in [0.1, 0.15) is 32.1 Å². The highest BCUT2D eigenvalue weighted by Crippen LogP contribution is 2.40. The monoisotopic (exact) mass is 222 g/mol. The number of rotatable bonds is 2. The molecule has 0 amide bonds. The van der Waals surface area contributed by atoms with Crippen LogP contribution in [-0.2, 0) is 9.53 Å². The van der Waals surface area contributed by atoms with Gasteiger partial charge in [-0.2, -0.15) is 0 Å². The van der Waals surface area contributed by atoms with Gasteiger partial charge in [-0.1, -0.05) is 13.0 Å². The molecule has 0 spiro atoms. The average molecular weight is 222 g/mol. The quantitative estimate of drug-likeness (QED) is 0.718. The normalized spacial score (nSPS) is 25.9. The summed E-state index contributed by atoms with van der Waals surface area (Å²) in [6, 6.07) is 3.92. The molecule has 2 rings (SSSR count). The van der Waals surface area contributed by atoms with Crippen LogP contribution in [0.2, 0.25) is 0 Å². The van der Waals surface area contributed by atoms with Crippen molar-refractivity contribution >= 4 is 22.9 Å². The average Bonchev–Trinajstić information content (AvgIpc) is 2.76. The molecule has 15 heavy (non-hydrogen) atoms. The minimum absolute atomic E-state index is 0.181. The van der Waals surface area contributed by atoms with Gasteiger partial charge in [0.05, 0.1) is 5.57 Å². The fraction of sp³-hybridized carbons (Fsp3) is 0.417. The number of hydrogen-bond acceptors (Lipinski definition) is 3. The van der Waals surface area contributed by atoms with E-state index in [1.165, 1.54) is 0 Å². The van der Waals surface area contributed by atoms with Gasteiger partial charge in [0.2, 0.25) is 0 Å². The predicted molar refractivity (Wildman–Crippen MR) is 61.7 cm³/mol. The number of cyclic esters (lactones) is 1. The van der Waals surface area contributed by atoms with Crippen molar-refractivity contribution in [2.45, 2.75) is 32.8 Å². The van der Waals surface area contributed by atoms with Gasteiger partial charge in [0, 0.05) is 4.88 Å². The summed E-state index contributed by atoms with van der Waals surface area (Å²) in [7, 11) is 0. The lowest BCUT2D eigenvalue weighted by atomic mass is 9.92. The van der Waals surface area contributed by atoms with Gasteiger partial charge < -0.3 is 4.74 Å². The van der Waals surface area contributed by atoms with Crippen LogP contribution in [0.5, 0.6) is 0 Å². The van der Waals surface area contributed by atoms with Crippen LogP contribution in [0.15, 0.2) is 23.1 Å². The molecule has 1 atom stereocenters. The van der Waals surface area contributed by atoms with Crippen LogP contribution >= 0.6 is 11.3 Å². The topological polar surface area (TPSA) is 26.3 Å². The molecule has 1 aliphatic rings. The molecule has 0 fully saturated rings. The van der Waals surface area contributed by atoms with Crippen molar-refractivity contribution in [3.8, 4) is 0 Å². The highest BCUT2D eigenvalue weighted by Gasteiger charge is 2.40. The first-order chi connectivity index (χ1) is 7.08. The smallest absolute Gasteiger partial charge is 0.340 e. The van der Waals surface area contributed by atoms with E-state index in [1.807, 2.05) is 38.3 Å². The Kier molecular flexibility index (Phi) is 2.43. The predicted octanol–water partition coefficient (Wildman–Crippen LogP) is 3.25. The van der Waals surface area contributed by atoms with Crippen molar-refractivity contribution in [1.82, 2.24) is 0 Å². The van der Waals surface area contributed by atoms with Gasteiger partial charge in [-0.3, -0.25) is 0 Å². The summed E-state index contributed by atoms with van der Waals surface area (Å²) in [6.45, 7) is 6.00. The maximum absolute atomic E-state index is 11.8. The van der Waals surface area contributed by atoms with Crippen molar-refractivity contribution in [1.29, 1.82) is 0 Å². The fourth-order valence-corrected chi connectivity index (χ4v) is 2.61. The lowest BCUT2D eigenvalue weighted by Gasteiger charge is -2.22. The van der Waals surface area contributed by atoms with Crippen LogP contribution in [0, 0.1) is 0 Å². The second-order valence-corrected chi connectivity index (χ2v) is 4.90. The Morgan fingerprint density at radius 2 is 2.27 bits per heavy atom. The lowest BCUT2D eigenvalue weighted by molar-refractivity contribution is -0.144. The minimum Gasteiger partial charge on any atom is -0.451 e. The van der Waals surface area contributed by atoms with Crippen LogP contribution in [0.3, 0.4) is 0 Å². The molecule has 0 N–H and O–H groups in total. The van der Waals surface area contributed by atoms with E-state index in [0.717, 1.165) is 22.4 Å². The number of ether oxygens (including phenoxy) is 1. The van der Waals surface area contributed by atoms with E-state index in [9.17, 15) is 4.79 Å². The second kappa shape index (κ2) is 3.49. The van der Waals surface area contributed by atoms with Crippen molar-refractivity contribution in [3.63, 3.8) is 0 Å². The van der Waals surface area contributed by atoms with Gasteiger partial charge in [-0.25, -0.2) is 4.79 Å². The molecular formula is C12H14O2S. The fourth-order valence-electron chi connectivity index (χ4n) is 1.79. The van der Waals surface area contributed by atoms with Crippen LogP contribution in [0.25, 0.3) is 5.57 Å². The first kappa shape index (κ1) is 10.4. The standard InChI is InChI=1S/C12H14O2S/c1-4-12(3)8(2)10(11(13)14-12)9-6-5-7-15-9/h5-7H,4H2,1-3H3. The zero-order chi connectivity index (χ0) is 11.1. The number of hydrogen-bond donors (Lipinski definition) is 0. The van der Waals surface area contributed by atoms with Gasteiger partial charge in [-0.15, -0.1) is 11.3 Å². The summed E-state index contributed by atoms with van der Waals surface area (Å²) < 4.78 is 5.44. The van der Waals surface area contributed by atoms with Crippen LogP contribution in [-0.4, -0.2) is 11.6 Å². The maximum Gasteiger partial charge on any atom is 0.340 e. The highest BCUT2D eigenvalue weighted by atomic mass is 32.1. The molecule has 0 aromatic carbocycles. The molecule has 0 saturated heterocycles. The van der Waals surface area contributed by atoms with Crippen molar-refractivity contribution in [3.05, 3.63) is 28.0 Å². The zero-order valence-corrected chi connectivity index (χ0v) is 9.98. The first-order valence-electron chi connectivity index (χ1n) is 5.07. The molecule has 80 valence electrons. The summed E-state index contributed by atoms with van der Waals surface area (Å²) >= 11 is 1.58. The molecule has 1 unspecified atom stereocenters. The van der Waals surface area contributed by atoms with Crippen molar-refractivity contribution in [2.75, 3.05) is 0 Å². The summed E-state index contributed by atoms with van der Waals surface area (Å²) in [5, 5.41) is 1.98. The third-order valence-corrected chi connectivity index (χ3v) is 4.02. The maximum atomic E-state index is 11.8. The molecule has 1 aromatic rings. The van der Waals surface area contributed by atoms with Crippen LogP contribution < -0.4 is 0 Å². The van der Waals surface area contributed by atoms with E-state index < -0.39 is 5.60 Å². The van der Waals surface area contributed by atoms with Gasteiger partial charge >= 0.3 is 5.97 Å². The van der Waals surface area contributed by atoms with E-state index in [4.69, 9.17) is 4.74 Å². The third kappa shape index (κ3) is 1.51. The van der Waals surface area contributed by atoms with Crippen molar-refractivity contribution < 1.29 is 9.53 Å². The Bertz CT molecular complexity index is 417. The number of carbonyl (C=O) groups is 1.